The number of phenols is 2. The molecule has 0 spiro atoms. The van der Waals surface area contributed by atoms with E-state index in [1.54, 1.807) is 50.2 Å². The van der Waals surface area contributed by atoms with E-state index in [0.717, 1.165) is 47.9 Å². The Bertz CT molecular complexity index is 5680. The van der Waals surface area contributed by atoms with E-state index in [9.17, 15) is 39.6 Å². The largest absolute Gasteiger partial charge is 0.507 e. The molecule has 14 rings (SSSR count). The van der Waals surface area contributed by atoms with E-state index < -0.39 is 29.9 Å². The molecule has 0 saturated carbocycles. The number of aliphatic hydroxyl groups excluding tert-OH is 3. The predicted molar refractivity (Wildman–Crippen MR) is 549 cm³/mol. The molecule has 748 valence electrons. The number of carbonyl (C=O) groups is 4. The monoisotopic (exact) mass is 2210 g/mol. The molecule has 0 aliphatic carbocycles. The molecule has 8 bridgehead atoms. The van der Waals surface area contributed by atoms with Crippen LogP contribution in [0.4, 0.5) is 58.4 Å². The number of esters is 3. The number of nitrogens with zero attached hydrogens (tertiary/aromatic N) is 12. The summed E-state index contributed by atoms with van der Waals surface area (Å²) >= 11 is 20.8. The van der Waals surface area contributed by atoms with Gasteiger partial charge in [0.15, 0.2) is 0 Å². The van der Waals surface area contributed by atoms with Crippen LogP contribution in [-0.2, 0) is 23.7 Å². The number of methoxy groups -OCH3 is 3. The zero-order valence-electron chi connectivity index (χ0n) is 77.7. The Morgan fingerprint density at radius 3 is 1.28 bits per heavy atom. The fourth-order valence-corrected chi connectivity index (χ4v) is 13.6. The molecule has 45 heteroatoms. The molecule has 140 heavy (non-hydrogen) atoms. The molecule has 4 atom stereocenters. The summed E-state index contributed by atoms with van der Waals surface area (Å²) in [6.45, 7) is 11.1. The Labute approximate surface area is 851 Å². The summed E-state index contributed by atoms with van der Waals surface area (Å²) in [4.78, 5) is 96.0. The molecule has 6 heterocycles. The average Bonchev–Trinajstić information content (AvgIpc) is 0.820. The first-order valence-electron chi connectivity index (χ1n) is 43.8. The van der Waals surface area contributed by atoms with Crippen LogP contribution in [0.5, 0.6) is 41.0 Å². The number of nitrogen functional groups attached to an aromatic ring is 1. The SMILES string of the molecule is CCO.CCOc1nc(Nc2ccc(C(=O)OC)c(O)c2)nc(N[C@H](CO)c2ccccc2)n1.CCOc1nc2nc(n1)N[C@@H](c1ccccc1)COCCCCOc1cc(ccc1C(=O)O)N2.CCOc1nc2nc(n1)N[C@@H](c1ccccc1)COCCCCOc1cc(ccc1C(=O)OC)N2.COC(=O)c1ccc(N)cc1O.Clc1nc(Cl)nc(Cl)n1.ICCCCI.N[C@H](CO)c1ccccc1. The van der Waals surface area contributed by atoms with Gasteiger partial charge >= 0.3 is 41.9 Å². The molecular weight excluding hydrogens is 2100 g/mol. The number of aliphatic hydroxyl groups is 3. The number of rotatable bonds is 23. The molecule has 8 aromatic carbocycles. The minimum atomic E-state index is -1.06. The molecule has 0 radical (unpaired) electrons. The lowest BCUT2D eigenvalue weighted by Gasteiger charge is -2.20. The third kappa shape index (κ3) is 40.8. The highest BCUT2D eigenvalue weighted by atomic mass is 127. The number of aromatic carboxylic acids is 1. The van der Waals surface area contributed by atoms with Crippen LogP contribution in [0.1, 0.15) is 154 Å². The maximum atomic E-state index is 12.2. The smallest absolute Gasteiger partial charge is 0.341 e. The third-order valence-corrected chi connectivity index (χ3v) is 20.5. The second-order valence-corrected chi connectivity index (χ2v) is 31.9. The number of aromatic nitrogens is 12. The van der Waals surface area contributed by atoms with E-state index in [4.69, 9.17) is 94.4 Å². The number of alkyl halides is 2. The lowest BCUT2D eigenvalue weighted by atomic mass is 10.1. The van der Waals surface area contributed by atoms with E-state index >= 15 is 0 Å². The zero-order valence-corrected chi connectivity index (χ0v) is 84.3. The first-order chi connectivity index (χ1) is 67.8. The van der Waals surface area contributed by atoms with Gasteiger partial charge in [-0.05, 0) is 181 Å². The van der Waals surface area contributed by atoms with Crippen molar-refractivity contribution in [3.05, 3.63) is 254 Å². The first kappa shape index (κ1) is 114. The number of phenolic OH excluding ortho intramolecular Hbond substituents is 2. The van der Waals surface area contributed by atoms with E-state index in [2.05, 4.69) is 146 Å². The van der Waals surface area contributed by atoms with Crippen LogP contribution < -0.4 is 67.1 Å². The lowest BCUT2D eigenvalue weighted by Crippen LogP contribution is -2.20. The van der Waals surface area contributed by atoms with Crippen LogP contribution in [-0.4, -0.2) is 224 Å². The minimum Gasteiger partial charge on any atom is -0.507 e. The van der Waals surface area contributed by atoms with Crippen molar-refractivity contribution in [1.82, 2.24) is 59.8 Å². The number of unbranched alkanes of at least 4 members (excludes halogenated alkanes) is 1. The highest BCUT2D eigenvalue weighted by Crippen LogP contribution is 2.33. The summed E-state index contributed by atoms with van der Waals surface area (Å²) in [5.74, 6) is -0.949. The average molecular weight is 2220 g/mol. The normalized spacial score (nSPS) is 13.5. The van der Waals surface area contributed by atoms with Crippen LogP contribution in [0, 0.1) is 0 Å². The standard InChI is InChI=1S/C25H29N5O5.C24H27N5O5.C21H23N5O5.C8H9NO3.C8H11NO.C4H8I2.C3Cl3N3.C2H6O/c1-3-34-25-29-23-26-18-11-12-19(22(31)32-2)21(15-18)35-14-8-7-13-33-16-20(27-24(28-23)30-25)17-9-5-4-6-10-17;1-2-33-24-28-22-25-17-10-11-18(21(30)31)20(14-17)34-13-7-6-12-32-15-19(26-23(27-22)29-24)16-8-4-3-5-9-16;1-3-31-21-25-19(22-14-9-10-15(17(28)11-14)18(29)30-2)24-20(26-21)23-16(12-27)13-7-5-4-6-8-13;1-12-8(11)6-3-2-5(9)4-7(6)10;9-8(6-10)7-4-2-1-3-5-7;5-3-1-2-4-6;4-1-7-2(5)9-3(6)8-1;1-2-3/h4-6,9-12,15,20H,3,7-8,13-14,16H2,1-2H3,(H2,26,27,28,29,30);3-5,8-11,14,19H,2,6-7,12-13,15H2,1H3,(H,30,31)(H2,25,26,27,28,29);4-11,16,27-28H,3,12H2,1-2H3,(H2,22,23,24,25,26);2-4,10H,9H2,1H3;1-5,8,10H,6,9H2;1-4H2;;3H,2H2,1H3/t20-;19-;16-;;8-;;;/m111.1.../s1. The lowest BCUT2D eigenvalue weighted by molar-refractivity contribution is 0.0587. The Hall–Kier alpha value is -13.0. The van der Waals surface area contributed by atoms with Crippen LogP contribution in [0.3, 0.4) is 0 Å². The summed E-state index contributed by atoms with van der Waals surface area (Å²) in [7, 11) is 3.82. The Balaban J connectivity index is 0.000000238. The van der Waals surface area contributed by atoms with Crippen molar-refractivity contribution in [3.8, 4) is 41.0 Å². The summed E-state index contributed by atoms with van der Waals surface area (Å²) in [5.41, 5.74) is 17.5. The fourth-order valence-electron chi connectivity index (χ4n) is 11.9. The van der Waals surface area contributed by atoms with Crippen molar-refractivity contribution in [2.75, 3.05) is 147 Å². The van der Waals surface area contributed by atoms with E-state index in [-0.39, 0.29) is 130 Å². The second kappa shape index (κ2) is 64.3. The number of fused-ring (bicyclic) bond motifs is 8. The highest BCUT2D eigenvalue weighted by molar-refractivity contribution is 14.1. The number of carboxylic acid groups (broad SMARTS) is 1. The number of carbonyl (C=O) groups excluding carboxylic acids is 3. The number of ether oxygens (including phenoxy) is 10. The van der Waals surface area contributed by atoms with Crippen molar-refractivity contribution in [2.45, 2.75) is 90.4 Å². The number of nitrogens with two attached hydrogens (primary N) is 2. The maximum Gasteiger partial charge on any atom is 0.341 e. The first-order valence-corrected chi connectivity index (χ1v) is 48.0. The number of anilines is 10. The topological polar surface area (TPSA) is 561 Å². The van der Waals surface area contributed by atoms with Crippen LogP contribution in [0.25, 0.3) is 0 Å². The second-order valence-electron chi connectivity index (χ2n) is 28.7. The van der Waals surface area contributed by atoms with Crippen molar-refractivity contribution >= 4 is 162 Å². The molecule has 2 aliphatic heterocycles. The summed E-state index contributed by atoms with van der Waals surface area (Å²) in [6, 6.07) is 56.7. The number of hydrogen-bond acceptors (Lipinski definition) is 39. The van der Waals surface area contributed by atoms with E-state index in [1.165, 1.54) is 79.4 Å². The molecule has 4 aromatic heterocycles. The van der Waals surface area contributed by atoms with Gasteiger partial charge in [-0.15, -0.1) is 0 Å². The van der Waals surface area contributed by atoms with Gasteiger partial charge in [-0.3, -0.25) is 0 Å². The van der Waals surface area contributed by atoms with Gasteiger partial charge in [-0.2, -0.15) is 59.8 Å². The Kier molecular flexibility index (Phi) is 52.3. The number of carboxylic acids is 1. The van der Waals surface area contributed by atoms with Crippen molar-refractivity contribution in [2.24, 2.45) is 5.73 Å². The number of hydrogen-bond donors (Lipinski definition) is 14. The molecule has 0 unspecified atom stereocenters. The van der Waals surface area contributed by atoms with Crippen molar-refractivity contribution in [1.29, 1.82) is 0 Å². The van der Waals surface area contributed by atoms with Gasteiger partial charge in [0.2, 0.25) is 51.5 Å². The molecule has 12 aromatic rings. The maximum absolute atomic E-state index is 12.2. The van der Waals surface area contributed by atoms with Gasteiger partial charge in [-0.1, -0.05) is 167 Å². The predicted octanol–water partition coefficient (Wildman–Crippen LogP) is 16.8. The van der Waals surface area contributed by atoms with Gasteiger partial charge in [0, 0.05) is 66.8 Å². The summed E-state index contributed by atoms with van der Waals surface area (Å²) in [6.07, 6.45) is 5.85. The fraction of sp³-hybridized carbons (Fsp3) is 0.326. The Morgan fingerprint density at radius 1 is 0.464 bits per heavy atom. The number of halogens is 5. The van der Waals surface area contributed by atoms with Gasteiger partial charge < -0.3 is 121 Å². The van der Waals surface area contributed by atoms with Gasteiger partial charge in [-0.25, -0.2) is 19.2 Å². The molecule has 16 N–H and O–H groups in total. The number of aromatic hydroxyl groups is 2. The Morgan fingerprint density at radius 2 is 0.857 bits per heavy atom. The van der Waals surface area contributed by atoms with Crippen LogP contribution >= 0.6 is 80.0 Å². The molecule has 0 saturated heterocycles. The third-order valence-electron chi connectivity index (χ3n) is 18.5. The van der Waals surface area contributed by atoms with Crippen molar-refractivity contribution in [3.63, 3.8) is 0 Å². The summed E-state index contributed by atoms with van der Waals surface area (Å²) in [5, 5.41) is 73.8. The minimum absolute atomic E-state index is 0.000000000000000444. The van der Waals surface area contributed by atoms with E-state index in [0.29, 0.717) is 105 Å². The molecular formula is C95H113Cl3I2N20O20. The highest BCUT2D eigenvalue weighted by Gasteiger charge is 2.24. The number of nitrogens with one attached hydrogen (secondary N) is 6. The van der Waals surface area contributed by atoms with Gasteiger partial charge in [0.05, 0.1) is 105 Å². The van der Waals surface area contributed by atoms with Crippen LogP contribution in [0.15, 0.2) is 194 Å². The summed E-state index contributed by atoms with van der Waals surface area (Å²) < 4.78 is 56.7. The quantitative estimate of drug-likeness (QED) is 0.00706. The molecule has 2 aliphatic rings. The number of benzene rings is 8. The van der Waals surface area contributed by atoms with Gasteiger partial charge in [0.1, 0.15) is 45.3 Å². The zero-order chi connectivity index (χ0) is 101. The van der Waals surface area contributed by atoms with Crippen LogP contribution in [0.2, 0.25) is 15.9 Å². The molecule has 40 nitrogen and oxygen atoms in total. The van der Waals surface area contributed by atoms with E-state index in [1.807, 2.05) is 135 Å². The molecule has 0 amide bonds. The van der Waals surface area contributed by atoms with Crippen molar-refractivity contribution < 1.29 is 97.2 Å². The van der Waals surface area contributed by atoms with Gasteiger partial charge in [0.25, 0.3) is 0 Å². The molecule has 0 fully saturated rings.